The summed E-state index contributed by atoms with van der Waals surface area (Å²) in [7, 11) is -3.75. The topological polar surface area (TPSA) is 117 Å². The molecule has 2 heterocycles. The summed E-state index contributed by atoms with van der Waals surface area (Å²) in [5, 5.41) is 12.6. The molecule has 0 unspecified atom stereocenters. The van der Waals surface area contributed by atoms with E-state index in [1.54, 1.807) is 15.9 Å². The molecule has 1 aliphatic heterocycles. The molecule has 0 spiro atoms. The maximum Gasteiger partial charge on any atom is 0.311 e. The Balaban J connectivity index is 1.55. The molecule has 1 aliphatic rings. The Morgan fingerprint density at radius 1 is 1.07 bits per heavy atom. The van der Waals surface area contributed by atoms with Crippen molar-refractivity contribution >= 4 is 38.0 Å². The van der Waals surface area contributed by atoms with Crippen LogP contribution >= 0.6 is 0 Å². The number of aromatic nitrogens is 1. The van der Waals surface area contributed by atoms with Gasteiger partial charge in [-0.3, -0.25) is 14.9 Å². The number of nitrogens with zero attached hydrogens (tertiary/aromatic N) is 3. The number of H-pyrrole nitrogens is 1. The summed E-state index contributed by atoms with van der Waals surface area (Å²) in [5.41, 5.74) is 1.21. The number of amides is 1. The SMILES string of the molecule is CS(=O)(=O)c1cccc(N2CCN(C(=O)c3cc4ccccc4[nH]3)CC2)c1[N+](=O)[O-]. The van der Waals surface area contributed by atoms with E-state index in [1.807, 2.05) is 30.3 Å². The van der Waals surface area contributed by atoms with E-state index in [0.717, 1.165) is 17.2 Å². The molecule has 1 N–H and O–H groups in total. The maximum absolute atomic E-state index is 12.9. The summed E-state index contributed by atoms with van der Waals surface area (Å²) < 4.78 is 24.0. The Hall–Kier alpha value is -3.40. The zero-order valence-corrected chi connectivity index (χ0v) is 17.1. The molecule has 1 saturated heterocycles. The molecule has 2 aromatic carbocycles. The second kappa shape index (κ2) is 7.45. The Morgan fingerprint density at radius 2 is 1.77 bits per heavy atom. The van der Waals surface area contributed by atoms with Gasteiger partial charge in [0.15, 0.2) is 9.84 Å². The van der Waals surface area contributed by atoms with Gasteiger partial charge in [-0.25, -0.2) is 8.42 Å². The van der Waals surface area contributed by atoms with Crippen LogP contribution in [0.1, 0.15) is 10.5 Å². The number of rotatable bonds is 4. The van der Waals surface area contributed by atoms with Crippen LogP contribution in [0.5, 0.6) is 0 Å². The first kappa shape index (κ1) is 19.9. The first-order valence-corrected chi connectivity index (χ1v) is 11.2. The van der Waals surface area contributed by atoms with Crippen LogP contribution in [-0.4, -0.2) is 61.6 Å². The molecular weight excluding hydrogens is 408 g/mol. The molecule has 1 fully saturated rings. The van der Waals surface area contributed by atoms with E-state index < -0.39 is 20.4 Å². The van der Waals surface area contributed by atoms with E-state index in [-0.39, 0.29) is 16.5 Å². The smallest absolute Gasteiger partial charge is 0.311 e. The van der Waals surface area contributed by atoms with Crippen LogP contribution in [0.25, 0.3) is 10.9 Å². The summed E-state index contributed by atoms with van der Waals surface area (Å²) in [6.07, 6.45) is 0.954. The highest BCUT2D eigenvalue weighted by Crippen LogP contribution is 2.35. The van der Waals surface area contributed by atoms with Gasteiger partial charge in [0.25, 0.3) is 5.91 Å². The number of aromatic amines is 1. The van der Waals surface area contributed by atoms with Crippen molar-refractivity contribution in [1.29, 1.82) is 0 Å². The summed E-state index contributed by atoms with van der Waals surface area (Å²) in [6.45, 7) is 1.46. The monoisotopic (exact) mass is 428 g/mol. The molecule has 0 saturated carbocycles. The predicted molar refractivity (Wildman–Crippen MR) is 113 cm³/mol. The van der Waals surface area contributed by atoms with Crippen molar-refractivity contribution < 1.29 is 18.1 Å². The number of nitro benzene ring substituents is 1. The van der Waals surface area contributed by atoms with Crippen LogP contribution in [0, 0.1) is 10.1 Å². The molecule has 0 bridgehead atoms. The van der Waals surface area contributed by atoms with Gasteiger partial charge in [0.1, 0.15) is 16.3 Å². The Morgan fingerprint density at radius 3 is 2.40 bits per heavy atom. The Labute approximate surface area is 173 Å². The third-order valence-corrected chi connectivity index (χ3v) is 6.36. The molecule has 156 valence electrons. The normalized spacial score (nSPS) is 14.8. The highest BCUT2D eigenvalue weighted by Gasteiger charge is 2.31. The largest absolute Gasteiger partial charge is 0.362 e. The van der Waals surface area contributed by atoms with Gasteiger partial charge in [-0.1, -0.05) is 24.3 Å². The van der Waals surface area contributed by atoms with Crippen molar-refractivity contribution in [2.75, 3.05) is 37.3 Å². The highest BCUT2D eigenvalue weighted by molar-refractivity contribution is 7.90. The fourth-order valence-corrected chi connectivity index (χ4v) is 4.61. The van der Waals surface area contributed by atoms with Gasteiger partial charge in [-0.15, -0.1) is 0 Å². The number of carbonyl (C=O) groups is 1. The van der Waals surface area contributed by atoms with Crippen molar-refractivity contribution in [2.24, 2.45) is 0 Å². The number of hydrogen-bond acceptors (Lipinski definition) is 6. The zero-order valence-electron chi connectivity index (χ0n) is 16.2. The van der Waals surface area contributed by atoms with Gasteiger partial charge < -0.3 is 14.8 Å². The molecule has 1 amide bonds. The second-order valence-corrected chi connectivity index (χ2v) is 9.19. The van der Waals surface area contributed by atoms with E-state index >= 15 is 0 Å². The summed E-state index contributed by atoms with van der Waals surface area (Å²) in [5.74, 6) is -0.134. The van der Waals surface area contributed by atoms with Crippen molar-refractivity contribution in [3.8, 4) is 0 Å². The number of fused-ring (bicyclic) bond motifs is 1. The fourth-order valence-electron chi connectivity index (χ4n) is 3.76. The van der Waals surface area contributed by atoms with Gasteiger partial charge in [-0.2, -0.15) is 0 Å². The third kappa shape index (κ3) is 3.61. The maximum atomic E-state index is 12.9. The minimum absolute atomic E-state index is 0.134. The van der Waals surface area contributed by atoms with Gasteiger partial charge >= 0.3 is 5.69 Å². The fraction of sp³-hybridized carbons (Fsp3) is 0.250. The molecule has 1 aromatic heterocycles. The number of nitrogens with one attached hydrogen (secondary N) is 1. The zero-order chi connectivity index (χ0) is 21.5. The lowest BCUT2D eigenvalue weighted by atomic mass is 10.2. The standard InChI is InChI=1S/C20H20N4O5S/c1-30(28,29)18-8-4-7-17(19(18)24(26)27)22-9-11-23(12-10-22)20(25)16-13-14-5-2-3-6-15(14)21-16/h2-8,13,21H,9-12H2,1H3. The molecule has 30 heavy (non-hydrogen) atoms. The van der Waals surface area contributed by atoms with E-state index in [4.69, 9.17) is 0 Å². The van der Waals surface area contributed by atoms with Crippen molar-refractivity contribution in [2.45, 2.75) is 4.90 Å². The van der Waals surface area contributed by atoms with Crippen LogP contribution in [0.3, 0.4) is 0 Å². The molecule has 0 radical (unpaired) electrons. The number of para-hydroxylation sites is 2. The number of benzene rings is 2. The first-order valence-electron chi connectivity index (χ1n) is 9.35. The van der Waals surface area contributed by atoms with Crippen LogP contribution < -0.4 is 4.90 Å². The average Bonchev–Trinajstić information content (AvgIpc) is 3.16. The van der Waals surface area contributed by atoms with Crippen LogP contribution in [0.15, 0.2) is 53.4 Å². The van der Waals surface area contributed by atoms with Crippen LogP contribution in [0.2, 0.25) is 0 Å². The van der Waals surface area contributed by atoms with Gasteiger partial charge in [0.2, 0.25) is 0 Å². The van der Waals surface area contributed by atoms with Crippen LogP contribution in [-0.2, 0) is 9.84 Å². The summed E-state index contributed by atoms with van der Waals surface area (Å²) >= 11 is 0. The third-order valence-electron chi connectivity index (χ3n) is 5.23. The number of hydrogen-bond donors (Lipinski definition) is 1. The number of piperazine rings is 1. The van der Waals surface area contributed by atoms with Crippen molar-refractivity contribution in [3.05, 3.63) is 64.3 Å². The van der Waals surface area contributed by atoms with Crippen molar-refractivity contribution in [3.63, 3.8) is 0 Å². The van der Waals surface area contributed by atoms with Gasteiger partial charge in [0.05, 0.1) is 4.92 Å². The quantitative estimate of drug-likeness (QED) is 0.504. The Kier molecular flexibility index (Phi) is 4.94. The second-order valence-electron chi connectivity index (χ2n) is 7.20. The molecule has 3 aromatic rings. The molecule has 0 atom stereocenters. The number of sulfone groups is 1. The minimum Gasteiger partial charge on any atom is -0.362 e. The predicted octanol–water partition coefficient (Wildman–Crippen LogP) is 2.44. The minimum atomic E-state index is -3.75. The van der Waals surface area contributed by atoms with Crippen LogP contribution in [0.4, 0.5) is 11.4 Å². The molecule has 10 heteroatoms. The molecular formula is C20H20N4O5S. The lowest BCUT2D eigenvalue weighted by molar-refractivity contribution is -0.387. The van der Waals surface area contributed by atoms with E-state index in [2.05, 4.69) is 4.98 Å². The van der Waals surface area contributed by atoms with E-state index in [0.29, 0.717) is 31.9 Å². The van der Waals surface area contributed by atoms with Gasteiger partial charge in [0, 0.05) is 43.3 Å². The molecule has 0 aliphatic carbocycles. The van der Waals surface area contributed by atoms with E-state index in [9.17, 15) is 23.3 Å². The molecule has 9 nitrogen and oxygen atoms in total. The van der Waals surface area contributed by atoms with Crippen molar-refractivity contribution in [1.82, 2.24) is 9.88 Å². The number of anilines is 1. The number of carbonyl (C=O) groups excluding carboxylic acids is 1. The highest BCUT2D eigenvalue weighted by atomic mass is 32.2. The summed E-state index contributed by atoms with van der Waals surface area (Å²) in [6, 6.07) is 13.7. The average molecular weight is 428 g/mol. The van der Waals surface area contributed by atoms with Gasteiger partial charge in [-0.05, 0) is 24.3 Å². The number of nitro groups is 1. The Bertz CT molecular complexity index is 1210. The summed E-state index contributed by atoms with van der Waals surface area (Å²) in [4.78, 5) is 30.1. The molecule has 4 rings (SSSR count). The first-order chi connectivity index (χ1) is 14.3. The lowest BCUT2D eigenvalue weighted by Gasteiger charge is -2.35. The van der Waals surface area contributed by atoms with E-state index in [1.165, 1.54) is 12.1 Å². The lowest BCUT2D eigenvalue weighted by Crippen LogP contribution is -2.49.